The van der Waals surface area contributed by atoms with Crippen molar-refractivity contribution in [3.63, 3.8) is 0 Å². The van der Waals surface area contributed by atoms with Crippen LogP contribution in [0.4, 0.5) is 19.1 Å². The van der Waals surface area contributed by atoms with Crippen molar-refractivity contribution >= 4 is 5.95 Å². The first kappa shape index (κ1) is 13.3. The van der Waals surface area contributed by atoms with Crippen LogP contribution in [0.25, 0.3) is 5.69 Å². The molecule has 0 spiro atoms. The summed E-state index contributed by atoms with van der Waals surface area (Å²) < 4.78 is 41.6. The van der Waals surface area contributed by atoms with Gasteiger partial charge in [-0.05, 0) is 31.2 Å². The SMILES string of the molecule is CCNc1nccn1-c1ccc(OC(F)(F)F)cc1. The van der Waals surface area contributed by atoms with Crippen LogP contribution in [-0.2, 0) is 0 Å². The fourth-order valence-electron chi connectivity index (χ4n) is 1.61. The van der Waals surface area contributed by atoms with Gasteiger partial charge < -0.3 is 10.1 Å². The first-order chi connectivity index (χ1) is 8.99. The molecule has 0 amide bonds. The fraction of sp³-hybridized carbons (Fsp3) is 0.250. The monoisotopic (exact) mass is 271 g/mol. The molecule has 1 heterocycles. The third kappa shape index (κ3) is 3.40. The van der Waals surface area contributed by atoms with E-state index in [2.05, 4.69) is 15.0 Å². The highest BCUT2D eigenvalue weighted by Crippen LogP contribution is 2.24. The van der Waals surface area contributed by atoms with Crippen LogP contribution in [0.3, 0.4) is 0 Å². The number of rotatable bonds is 4. The van der Waals surface area contributed by atoms with E-state index in [-0.39, 0.29) is 5.75 Å². The van der Waals surface area contributed by atoms with Gasteiger partial charge >= 0.3 is 6.36 Å². The lowest BCUT2D eigenvalue weighted by Gasteiger charge is -2.11. The first-order valence-electron chi connectivity index (χ1n) is 5.63. The summed E-state index contributed by atoms with van der Waals surface area (Å²) in [6.45, 7) is 2.63. The minimum atomic E-state index is -4.68. The number of nitrogens with one attached hydrogen (secondary N) is 1. The third-order valence-corrected chi connectivity index (χ3v) is 2.32. The molecule has 0 saturated carbocycles. The molecule has 0 fully saturated rings. The summed E-state index contributed by atoms with van der Waals surface area (Å²) in [5.74, 6) is 0.383. The molecule has 1 aromatic heterocycles. The van der Waals surface area contributed by atoms with Crippen molar-refractivity contribution in [2.45, 2.75) is 13.3 Å². The summed E-state index contributed by atoms with van der Waals surface area (Å²) in [4.78, 5) is 4.10. The molecule has 0 radical (unpaired) electrons. The van der Waals surface area contributed by atoms with Gasteiger partial charge in [-0.3, -0.25) is 4.57 Å². The van der Waals surface area contributed by atoms with Crippen LogP contribution >= 0.6 is 0 Å². The quantitative estimate of drug-likeness (QED) is 0.928. The van der Waals surface area contributed by atoms with Gasteiger partial charge in [0.25, 0.3) is 0 Å². The summed E-state index contributed by atoms with van der Waals surface area (Å²) in [7, 11) is 0. The van der Waals surface area contributed by atoms with Gasteiger partial charge in [0.1, 0.15) is 5.75 Å². The Kier molecular flexibility index (Phi) is 3.64. The Morgan fingerprint density at radius 3 is 2.53 bits per heavy atom. The average molecular weight is 271 g/mol. The van der Waals surface area contributed by atoms with Gasteiger partial charge in [-0.15, -0.1) is 13.2 Å². The molecule has 1 N–H and O–H groups in total. The molecule has 0 aliphatic heterocycles. The molecular weight excluding hydrogens is 259 g/mol. The summed E-state index contributed by atoms with van der Waals surface area (Å²) >= 11 is 0. The number of imidazole rings is 1. The maximum Gasteiger partial charge on any atom is 0.573 e. The van der Waals surface area contributed by atoms with Crippen LogP contribution in [0, 0.1) is 0 Å². The van der Waals surface area contributed by atoms with E-state index in [1.54, 1.807) is 17.0 Å². The molecule has 0 bridgehead atoms. The van der Waals surface area contributed by atoms with E-state index in [0.717, 1.165) is 0 Å². The minimum absolute atomic E-state index is 0.249. The lowest BCUT2D eigenvalue weighted by molar-refractivity contribution is -0.274. The van der Waals surface area contributed by atoms with E-state index in [1.165, 1.54) is 24.3 Å². The van der Waals surface area contributed by atoms with Crippen LogP contribution in [-0.4, -0.2) is 22.5 Å². The zero-order valence-corrected chi connectivity index (χ0v) is 10.1. The molecule has 7 heteroatoms. The van der Waals surface area contributed by atoms with Crippen molar-refractivity contribution < 1.29 is 17.9 Å². The molecule has 0 unspecified atom stereocenters. The topological polar surface area (TPSA) is 39.1 Å². The smallest absolute Gasteiger partial charge is 0.406 e. The van der Waals surface area contributed by atoms with Gasteiger partial charge in [0.05, 0.1) is 0 Å². The van der Waals surface area contributed by atoms with E-state index in [0.29, 0.717) is 18.2 Å². The Bertz CT molecular complexity index is 534. The lowest BCUT2D eigenvalue weighted by atomic mass is 10.3. The van der Waals surface area contributed by atoms with Gasteiger partial charge in [0.2, 0.25) is 5.95 Å². The van der Waals surface area contributed by atoms with Gasteiger partial charge in [0, 0.05) is 24.6 Å². The highest BCUT2D eigenvalue weighted by molar-refractivity contribution is 5.44. The van der Waals surface area contributed by atoms with Crippen LogP contribution in [0.15, 0.2) is 36.7 Å². The normalized spacial score (nSPS) is 11.4. The number of aromatic nitrogens is 2. The first-order valence-corrected chi connectivity index (χ1v) is 5.63. The second kappa shape index (κ2) is 5.21. The van der Waals surface area contributed by atoms with E-state index < -0.39 is 6.36 Å². The fourth-order valence-corrected chi connectivity index (χ4v) is 1.61. The van der Waals surface area contributed by atoms with Gasteiger partial charge in [0.15, 0.2) is 0 Å². The number of benzene rings is 1. The van der Waals surface area contributed by atoms with Crippen LogP contribution in [0.2, 0.25) is 0 Å². The van der Waals surface area contributed by atoms with Crippen molar-refractivity contribution in [2.75, 3.05) is 11.9 Å². The van der Waals surface area contributed by atoms with Gasteiger partial charge in [-0.25, -0.2) is 4.98 Å². The van der Waals surface area contributed by atoms with Crippen molar-refractivity contribution in [2.24, 2.45) is 0 Å². The highest BCUT2D eigenvalue weighted by Gasteiger charge is 2.30. The zero-order chi connectivity index (χ0) is 13.9. The van der Waals surface area contributed by atoms with Crippen molar-refractivity contribution in [1.82, 2.24) is 9.55 Å². The molecule has 0 saturated heterocycles. The van der Waals surface area contributed by atoms with Crippen molar-refractivity contribution in [1.29, 1.82) is 0 Å². The molecule has 0 aliphatic carbocycles. The summed E-state index contributed by atoms with van der Waals surface area (Å²) in [5, 5.41) is 3.05. The zero-order valence-electron chi connectivity index (χ0n) is 10.1. The second-order valence-corrected chi connectivity index (χ2v) is 3.69. The van der Waals surface area contributed by atoms with Crippen LogP contribution in [0.5, 0.6) is 5.75 Å². The lowest BCUT2D eigenvalue weighted by Crippen LogP contribution is -2.17. The van der Waals surface area contributed by atoms with Gasteiger partial charge in [-0.2, -0.15) is 0 Å². The van der Waals surface area contributed by atoms with Crippen molar-refractivity contribution in [3.8, 4) is 11.4 Å². The Labute approximate surface area is 107 Å². The molecule has 102 valence electrons. The number of ether oxygens (including phenoxy) is 1. The van der Waals surface area contributed by atoms with Crippen molar-refractivity contribution in [3.05, 3.63) is 36.7 Å². The predicted molar refractivity (Wildman–Crippen MR) is 64.4 cm³/mol. The molecular formula is C12H12F3N3O. The van der Waals surface area contributed by atoms with Crippen LogP contribution < -0.4 is 10.1 Å². The maximum atomic E-state index is 12.0. The van der Waals surface area contributed by atoms with Gasteiger partial charge in [-0.1, -0.05) is 0 Å². The maximum absolute atomic E-state index is 12.0. The number of alkyl halides is 3. The molecule has 0 atom stereocenters. The molecule has 2 aromatic rings. The second-order valence-electron chi connectivity index (χ2n) is 3.69. The van der Waals surface area contributed by atoms with E-state index in [4.69, 9.17) is 0 Å². The Hall–Kier alpha value is -2.18. The number of hydrogen-bond donors (Lipinski definition) is 1. The molecule has 1 aromatic carbocycles. The predicted octanol–water partition coefficient (Wildman–Crippen LogP) is 3.20. The third-order valence-electron chi connectivity index (χ3n) is 2.32. The Balaban J connectivity index is 2.20. The van der Waals surface area contributed by atoms with E-state index in [9.17, 15) is 13.2 Å². The summed E-state index contributed by atoms with van der Waals surface area (Å²) in [6.07, 6.45) is -1.35. The summed E-state index contributed by atoms with van der Waals surface area (Å²) in [5.41, 5.74) is 0.697. The Morgan fingerprint density at radius 2 is 1.95 bits per heavy atom. The van der Waals surface area contributed by atoms with E-state index in [1.807, 2.05) is 6.92 Å². The van der Waals surface area contributed by atoms with E-state index >= 15 is 0 Å². The number of hydrogen-bond acceptors (Lipinski definition) is 3. The number of nitrogens with zero attached hydrogens (tertiary/aromatic N) is 2. The van der Waals surface area contributed by atoms with Crippen LogP contribution in [0.1, 0.15) is 6.92 Å². The number of halogens is 3. The Morgan fingerprint density at radius 1 is 1.26 bits per heavy atom. The minimum Gasteiger partial charge on any atom is -0.406 e. The molecule has 2 rings (SSSR count). The average Bonchev–Trinajstić information content (AvgIpc) is 2.77. The molecule has 0 aliphatic rings. The standard InChI is InChI=1S/C12H12F3N3O/c1-2-16-11-17-7-8-18(11)9-3-5-10(6-4-9)19-12(13,14)15/h3-8H,2H2,1H3,(H,16,17). The summed E-state index contributed by atoms with van der Waals surface area (Å²) in [6, 6.07) is 5.59. The highest BCUT2D eigenvalue weighted by atomic mass is 19.4. The largest absolute Gasteiger partial charge is 0.573 e. The number of anilines is 1. The molecule has 19 heavy (non-hydrogen) atoms. The molecule has 4 nitrogen and oxygen atoms in total.